The van der Waals surface area contributed by atoms with E-state index in [0.29, 0.717) is 9.24 Å². The fourth-order valence-corrected chi connectivity index (χ4v) is 3.89. The van der Waals surface area contributed by atoms with Crippen molar-refractivity contribution in [1.29, 1.82) is 5.26 Å². The van der Waals surface area contributed by atoms with Crippen LogP contribution in [0.25, 0.3) is 0 Å². The van der Waals surface area contributed by atoms with Gasteiger partial charge in [-0.05, 0) is 19.1 Å². The van der Waals surface area contributed by atoms with Gasteiger partial charge in [0.2, 0.25) is 0 Å². The maximum atomic E-state index is 12.1. The van der Waals surface area contributed by atoms with E-state index in [4.69, 9.17) is 10.00 Å². The molecule has 0 saturated heterocycles. The Labute approximate surface area is 169 Å². The number of nitriles is 1. The first-order valence-electron chi connectivity index (χ1n) is 7.98. The molecule has 0 saturated carbocycles. The van der Waals surface area contributed by atoms with Gasteiger partial charge < -0.3 is 9.64 Å². The molecule has 0 bridgehead atoms. The summed E-state index contributed by atoms with van der Waals surface area (Å²) in [5.74, 6) is -1.31. The molecule has 0 aliphatic carbocycles. The van der Waals surface area contributed by atoms with Crippen molar-refractivity contribution in [2.75, 3.05) is 20.2 Å². The fourth-order valence-electron chi connectivity index (χ4n) is 2.01. The molecule has 0 aliphatic rings. The van der Waals surface area contributed by atoms with E-state index < -0.39 is 23.4 Å². The first-order chi connectivity index (χ1) is 13.3. The molecule has 0 N–H and O–H groups in total. The third-order valence-corrected chi connectivity index (χ3v) is 5.62. The van der Waals surface area contributed by atoms with E-state index in [9.17, 15) is 19.7 Å². The molecule has 0 spiro atoms. The molecule has 28 heavy (non-hydrogen) atoms. The third-order valence-electron chi connectivity index (χ3n) is 3.50. The Morgan fingerprint density at radius 1 is 1.46 bits per heavy atom. The zero-order valence-corrected chi connectivity index (χ0v) is 16.7. The minimum atomic E-state index is -0.841. The lowest BCUT2D eigenvalue weighted by atomic mass is 10.2. The van der Waals surface area contributed by atoms with Gasteiger partial charge in [0.15, 0.2) is 10.9 Å². The van der Waals surface area contributed by atoms with Crippen molar-refractivity contribution in [2.45, 2.75) is 22.6 Å². The van der Waals surface area contributed by atoms with Gasteiger partial charge in [0.25, 0.3) is 11.6 Å². The van der Waals surface area contributed by atoms with Crippen LogP contribution in [0.1, 0.15) is 22.5 Å². The molecule has 1 amide bonds. The van der Waals surface area contributed by atoms with Gasteiger partial charge in [-0.3, -0.25) is 14.9 Å². The highest BCUT2D eigenvalue weighted by molar-refractivity contribution is 8.01. The second kappa shape index (κ2) is 9.82. The van der Waals surface area contributed by atoms with E-state index in [2.05, 4.69) is 4.98 Å². The second-order valence-corrected chi connectivity index (χ2v) is 7.74. The Morgan fingerprint density at radius 2 is 2.21 bits per heavy atom. The Balaban J connectivity index is 2.08. The summed E-state index contributed by atoms with van der Waals surface area (Å²) in [5.41, 5.74) is 0.545. The molecule has 0 unspecified atom stereocenters. The number of amides is 1. The van der Waals surface area contributed by atoms with E-state index in [-0.39, 0.29) is 24.2 Å². The number of ether oxygens (including phenoxy) is 1. The highest BCUT2D eigenvalue weighted by Gasteiger charge is 2.21. The molecule has 0 aliphatic heterocycles. The molecule has 1 heterocycles. The summed E-state index contributed by atoms with van der Waals surface area (Å²) in [4.78, 5) is 40.7. The summed E-state index contributed by atoms with van der Waals surface area (Å²) in [6.07, 6.45) is 0.167. The Kier molecular flexibility index (Phi) is 7.48. The van der Waals surface area contributed by atoms with Gasteiger partial charge in [0.1, 0.15) is 0 Å². The highest BCUT2D eigenvalue weighted by atomic mass is 32.2. The van der Waals surface area contributed by atoms with Crippen LogP contribution < -0.4 is 0 Å². The van der Waals surface area contributed by atoms with Crippen molar-refractivity contribution in [3.8, 4) is 6.07 Å². The van der Waals surface area contributed by atoms with Crippen molar-refractivity contribution in [3.63, 3.8) is 0 Å². The summed E-state index contributed by atoms with van der Waals surface area (Å²) < 4.78 is 5.59. The van der Waals surface area contributed by atoms with Crippen LogP contribution in [0.4, 0.5) is 5.69 Å². The summed E-state index contributed by atoms with van der Waals surface area (Å²) in [6.45, 7) is 1.54. The van der Waals surface area contributed by atoms with Crippen molar-refractivity contribution < 1.29 is 19.2 Å². The zero-order chi connectivity index (χ0) is 20.7. The number of nitro groups is 1. The SMILES string of the molecule is Cc1csc(Sc2ccc(C(=O)OCC(=O)N(C)CCC#N)cc2[N+](=O)[O-])n1. The van der Waals surface area contributed by atoms with Crippen molar-refractivity contribution in [2.24, 2.45) is 0 Å². The molecule has 0 radical (unpaired) electrons. The predicted molar refractivity (Wildman–Crippen MR) is 102 cm³/mol. The molecule has 1 aromatic heterocycles. The molecular formula is C17H16N4O5S2. The zero-order valence-electron chi connectivity index (χ0n) is 15.1. The molecule has 0 atom stereocenters. The average molecular weight is 420 g/mol. The van der Waals surface area contributed by atoms with Gasteiger partial charge in [-0.25, -0.2) is 9.78 Å². The first-order valence-corrected chi connectivity index (χ1v) is 9.68. The fraction of sp³-hybridized carbons (Fsp3) is 0.294. The number of aromatic nitrogens is 1. The third kappa shape index (κ3) is 5.77. The monoisotopic (exact) mass is 420 g/mol. The normalized spacial score (nSPS) is 10.2. The van der Waals surface area contributed by atoms with Crippen molar-refractivity contribution >= 4 is 40.7 Å². The average Bonchev–Trinajstić information content (AvgIpc) is 3.08. The Bertz CT molecular complexity index is 938. The van der Waals surface area contributed by atoms with Crippen LogP contribution in [0.2, 0.25) is 0 Å². The van der Waals surface area contributed by atoms with E-state index in [1.165, 1.54) is 35.4 Å². The summed E-state index contributed by atoms with van der Waals surface area (Å²) in [7, 11) is 1.49. The standard InChI is InChI=1S/C17H16N4O5S2/c1-11-10-27-17(19-11)28-14-5-4-12(8-13(14)21(24)25)16(23)26-9-15(22)20(2)7-3-6-18/h4-5,8,10H,3,7,9H2,1-2H3. The van der Waals surface area contributed by atoms with Gasteiger partial charge in [-0.2, -0.15) is 5.26 Å². The Morgan fingerprint density at radius 3 is 2.82 bits per heavy atom. The van der Waals surface area contributed by atoms with Crippen LogP contribution in [0.5, 0.6) is 0 Å². The molecule has 11 heteroatoms. The number of nitrogens with zero attached hydrogens (tertiary/aromatic N) is 4. The number of thiazole rings is 1. The number of aryl methyl sites for hydroxylation is 1. The number of carbonyl (C=O) groups excluding carboxylic acids is 2. The maximum Gasteiger partial charge on any atom is 0.338 e. The van der Waals surface area contributed by atoms with Crippen LogP contribution in [0.3, 0.4) is 0 Å². The maximum absolute atomic E-state index is 12.1. The lowest BCUT2D eigenvalue weighted by Gasteiger charge is -2.15. The summed E-state index contributed by atoms with van der Waals surface area (Å²) >= 11 is 2.51. The molecule has 2 rings (SSSR count). The lowest BCUT2D eigenvalue weighted by Crippen LogP contribution is -2.31. The second-order valence-electron chi connectivity index (χ2n) is 5.60. The Hall–Kier alpha value is -2.97. The lowest BCUT2D eigenvalue weighted by molar-refractivity contribution is -0.387. The molecule has 9 nitrogen and oxygen atoms in total. The number of carbonyl (C=O) groups is 2. The molecule has 2 aromatic rings. The topological polar surface area (TPSA) is 126 Å². The van der Waals surface area contributed by atoms with Crippen LogP contribution in [-0.2, 0) is 9.53 Å². The van der Waals surface area contributed by atoms with E-state index in [1.807, 2.05) is 18.4 Å². The number of rotatable bonds is 8. The van der Waals surface area contributed by atoms with E-state index >= 15 is 0 Å². The molecule has 1 aromatic carbocycles. The number of nitro benzene ring substituents is 1. The van der Waals surface area contributed by atoms with Gasteiger partial charge in [-0.1, -0.05) is 11.8 Å². The van der Waals surface area contributed by atoms with Crippen molar-refractivity contribution in [1.82, 2.24) is 9.88 Å². The van der Waals surface area contributed by atoms with E-state index in [0.717, 1.165) is 23.5 Å². The minimum Gasteiger partial charge on any atom is -0.452 e. The summed E-state index contributed by atoms with van der Waals surface area (Å²) in [5, 5.41) is 21.7. The van der Waals surface area contributed by atoms with E-state index in [1.54, 1.807) is 0 Å². The predicted octanol–water partition coefficient (Wildman–Crippen LogP) is 3.04. The van der Waals surface area contributed by atoms with Gasteiger partial charge in [-0.15, -0.1) is 11.3 Å². The van der Waals surface area contributed by atoms with Crippen LogP contribution in [0.15, 0.2) is 32.8 Å². The van der Waals surface area contributed by atoms with Gasteiger partial charge in [0.05, 0.1) is 27.9 Å². The highest BCUT2D eigenvalue weighted by Crippen LogP contribution is 2.36. The number of esters is 1. The molecule has 0 fully saturated rings. The van der Waals surface area contributed by atoms with Gasteiger partial charge >= 0.3 is 5.97 Å². The molecular weight excluding hydrogens is 404 g/mol. The number of hydrogen-bond donors (Lipinski definition) is 0. The molecule has 146 valence electrons. The minimum absolute atomic E-state index is 0.0288. The van der Waals surface area contributed by atoms with Crippen LogP contribution in [-0.4, -0.2) is 46.9 Å². The number of likely N-dealkylation sites (N-methyl/N-ethyl adjacent to an activating group) is 1. The quantitative estimate of drug-likeness (QED) is 0.362. The summed E-state index contributed by atoms with van der Waals surface area (Å²) in [6, 6.07) is 5.89. The van der Waals surface area contributed by atoms with Crippen LogP contribution >= 0.6 is 23.1 Å². The smallest absolute Gasteiger partial charge is 0.338 e. The van der Waals surface area contributed by atoms with Crippen molar-refractivity contribution in [3.05, 3.63) is 45.0 Å². The number of benzene rings is 1. The van der Waals surface area contributed by atoms with Gasteiger partial charge in [0, 0.05) is 30.7 Å². The first kappa shape index (κ1) is 21.3. The largest absolute Gasteiger partial charge is 0.452 e. The number of hydrogen-bond acceptors (Lipinski definition) is 9. The van der Waals surface area contributed by atoms with Crippen LogP contribution in [0, 0.1) is 28.4 Å².